The summed E-state index contributed by atoms with van der Waals surface area (Å²) in [5.74, 6) is -0.770. The molecule has 0 aromatic heterocycles. The van der Waals surface area contributed by atoms with Crippen LogP contribution in [0.2, 0.25) is 0 Å². The Morgan fingerprint density at radius 2 is 1.69 bits per heavy atom. The molecule has 1 N–H and O–H groups in total. The van der Waals surface area contributed by atoms with Crippen LogP contribution in [0.15, 0.2) is 48.2 Å². The van der Waals surface area contributed by atoms with Gasteiger partial charge in [-0.25, -0.2) is 0 Å². The SMILES string of the molecule is CCCN1C(=O)C(Nc2cccc(OC(F)(F)F)c2)=C(c2ccc(OC)c(OC)c2)C1=O. The van der Waals surface area contributed by atoms with Gasteiger partial charge in [-0.1, -0.05) is 19.1 Å². The lowest BCUT2D eigenvalue weighted by molar-refractivity contribution is -0.274. The van der Waals surface area contributed by atoms with Gasteiger partial charge in [-0.05, 0) is 36.2 Å². The van der Waals surface area contributed by atoms with Crippen molar-refractivity contribution in [3.63, 3.8) is 0 Å². The predicted octanol–water partition coefficient (Wildman–Crippen LogP) is 4.20. The fourth-order valence-corrected chi connectivity index (χ4v) is 3.29. The molecule has 0 spiro atoms. The molecule has 0 fully saturated rings. The normalized spacial score (nSPS) is 14.1. The van der Waals surface area contributed by atoms with Gasteiger partial charge in [-0.3, -0.25) is 14.5 Å². The van der Waals surface area contributed by atoms with E-state index in [4.69, 9.17) is 9.47 Å². The molecule has 1 heterocycles. The third-order valence-electron chi connectivity index (χ3n) is 4.62. The predicted molar refractivity (Wildman–Crippen MR) is 110 cm³/mol. The summed E-state index contributed by atoms with van der Waals surface area (Å²) in [6.45, 7) is 2.01. The van der Waals surface area contributed by atoms with Crippen LogP contribution >= 0.6 is 0 Å². The van der Waals surface area contributed by atoms with E-state index in [2.05, 4.69) is 10.1 Å². The number of methoxy groups -OCH3 is 2. The molecule has 2 amide bonds. The fourth-order valence-electron chi connectivity index (χ4n) is 3.29. The maximum atomic E-state index is 13.1. The molecule has 0 saturated heterocycles. The van der Waals surface area contributed by atoms with Crippen molar-refractivity contribution in [3.8, 4) is 17.2 Å². The van der Waals surface area contributed by atoms with E-state index in [0.717, 1.165) is 17.0 Å². The molecule has 0 atom stereocenters. The molecule has 0 saturated carbocycles. The highest BCUT2D eigenvalue weighted by Crippen LogP contribution is 2.36. The highest BCUT2D eigenvalue weighted by Gasteiger charge is 2.39. The number of hydrogen-bond donors (Lipinski definition) is 1. The minimum absolute atomic E-state index is 0.0557. The summed E-state index contributed by atoms with van der Waals surface area (Å²) in [5, 5.41) is 2.80. The maximum Gasteiger partial charge on any atom is 0.573 e. The van der Waals surface area contributed by atoms with Crippen LogP contribution in [0.5, 0.6) is 17.2 Å². The largest absolute Gasteiger partial charge is 0.573 e. The summed E-state index contributed by atoms with van der Waals surface area (Å²) < 4.78 is 52.1. The number of nitrogens with zero attached hydrogens (tertiary/aromatic N) is 1. The van der Waals surface area contributed by atoms with Crippen molar-refractivity contribution < 1.29 is 37.0 Å². The van der Waals surface area contributed by atoms with Crippen LogP contribution in [0.1, 0.15) is 18.9 Å². The van der Waals surface area contributed by atoms with Crippen LogP contribution in [-0.4, -0.2) is 43.8 Å². The van der Waals surface area contributed by atoms with Crippen LogP contribution in [0.3, 0.4) is 0 Å². The van der Waals surface area contributed by atoms with E-state index in [1.165, 1.54) is 26.4 Å². The second-order valence-corrected chi connectivity index (χ2v) is 6.78. The second-order valence-electron chi connectivity index (χ2n) is 6.78. The molecule has 1 aliphatic heterocycles. The van der Waals surface area contributed by atoms with Crippen LogP contribution in [0.25, 0.3) is 5.57 Å². The van der Waals surface area contributed by atoms with Crippen LogP contribution < -0.4 is 19.5 Å². The molecule has 32 heavy (non-hydrogen) atoms. The Balaban J connectivity index is 2.06. The number of carbonyl (C=O) groups excluding carboxylic acids is 2. The van der Waals surface area contributed by atoms with E-state index in [-0.39, 0.29) is 23.5 Å². The summed E-state index contributed by atoms with van der Waals surface area (Å²) in [5.41, 5.74) is 0.565. The Morgan fingerprint density at radius 3 is 2.31 bits per heavy atom. The van der Waals surface area contributed by atoms with E-state index >= 15 is 0 Å². The van der Waals surface area contributed by atoms with Crippen molar-refractivity contribution in [1.82, 2.24) is 4.90 Å². The highest BCUT2D eigenvalue weighted by atomic mass is 19.4. The van der Waals surface area contributed by atoms with E-state index in [0.29, 0.717) is 23.5 Å². The Kier molecular flexibility index (Phi) is 6.61. The molecule has 7 nitrogen and oxygen atoms in total. The van der Waals surface area contributed by atoms with Crippen molar-refractivity contribution in [2.24, 2.45) is 0 Å². The zero-order chi connectivity index (χ0) is 23.5. The Morgan fingerprint density at radius 1 is 0.969 bits per heavy atom. The Bertz CT molecular complexity index is 1070. The summed E-state index contributed by atoms with van der Waals surface area (Å²) in [6.07, 6.45) is -4.32. The monoisotopic (exact) mass is 450 g/mol. The lowest BCUT2D eigenvalue weighted by Crippen LogP contribution is -2.33. The highest BCUT2D eigenvalue weighted by molar-refractivity contribution is 6.36. The summed E-state index contributed by atoms with van der Waals surface area (Å²) in [6, 6.07) is 9.77. The molecule has 170 valence electrons. The molecule has 10 heteroatoms. The number of anilines is 1. The van der Waals surface area contributed by atoms with Gasteiger partial charge in [0.2, 0.25) is 0 Å². The van der Waals surface area contributed by atoms with Crippen LogP contribution in [-0.2, 0) is 9.59 Å². The van der Waals surface area contributed by atoms with E-state index in [1.54, 1.807) is 18.2 Å². The molecular formula is C22H21F3N2O5. The first-order valence-corrected chi connectivity index (χ1v) is 9.64. The number of ether oxygens (including phenoxy) is 3. The number of rotatable bonds is 8. The first kappa shape index (κ1) is 23.0. The molecule has 0 bridgehead atoms. The maximum absolute atomic E-state index is 13.1. The number of amides is 2. The molecule has 0 unspecified atom stereocenters. The van der Waals surface area contributed by atoms with Gasteiger partial charge in [-0.2, -0.15) is 0 Å². The lowest BCUT2D eigenvalue weighted by Gasteiger charge is -2.14. The first-order chi connectivity index (χ1) is 15.2. The topological polar surface area (TPSA) is 77.1 Å². The molecule has 2 aromatic carbocycles. The average molecular weight is 450 g/mol. The summed E-state index contributed by atoms with van der Waals surface area (Å²) in [7, 11) is 2.90. The number of carbonyl (C=O) groups is 2. The van der Waals surface area contributed by atoms with Gasteiger partial charge in [0.25, 0.3) is 11.8 Å². The minimum Gasteiger partial charge on any atom is -0.493 e. The van der Waals surface area contributed by atoms with Gasteiger partial charge in [-0.15, -0.1) is 13.2 Å². The van der Waals surface area contributed by atoms with Crippen molar-refractivity contribution in [2.45, 2.75) is 19.7 Å². The third-order valence-corrected chi connectivity index (χ3v) is 4.62. The number of imide groups is 1. The van der Waals surface area contributed by atoms with Crippen LogP contribution in [0, 0.1) is 0 Å². The van der Waals surface area contributed by atoms with E-state index in [1.807, 2.05) is 6.92 Å². The first-order valence-electron chi connectivity index (χ1n) is 9.64. The zero-order valence-corrected chi connectivity index (χ0v) is 17.6. The van der Waals surface area contributed by atoms with E-state index in [9.17, 15) is 22.8 Å². The number of alkyl halides is 3. The smallest absolute Gasteiger partial charge is 0.493 e. The standard InChI is InChI=1S/C22H21F3N2O5/c1-4-10-27-20(28)18(13-8-9-16(30-2)17(11-13)31-3)19(21(27)29)26-14-6-5-7-15(12-14)32-22(23,24)25/h5-9,11-12,26H,4,10H2,1-3H3. The molecule has 2 aromatic rings. The average Bonchev–Trinajstić information content (AvgIpc) is 2.97. The second kappa shape index (κ2) is 9.21. The van der Waals surface area contributed by atoms with Gasteiger partial charge < -0.3 is 19.5 Å². The molecule has 0 radical (unpaired) electrons. The fraction of sp³-hybridized carbons (Fsp3) is 0.273. The third kappa shape index (κ3) is 4.79. The van der Waals surface area contributed by atoms with Crippen molar-refractivity contribution in [3.05, 3.63) is 53.7 Å². The quantitative estimate of drug-likeness (QED) is 0.608. The number of halogens is 3. The van der Waals surface area contributed by atoms with Crippen molar-refractivity contribution in [2.75, 3.05) is 26.1 Å². The van der Waals surface area contributed by atoms with Gasteiger partial charge in [0.05, 0.1) is 19.8 Å². The Labute approximate surface area is 182 Å². The number of benzene rings is 2. The molecular weight excluding hydrogens is 429 g/mol. The van der Waals surface area contributed by atoms with Gasteiger partial charge in [0, 0.05) is 18.3 Å². The van der Waals surface area contributed by atoms with E-state index < -0.39 is 23.9 Å². The van der Waals surface area contributed by atoms with Crippen LogP contribution in [0.4, 0.5) is 18.9 Å². The van der Waals surface area contributed by atoms with Crippen molar-refractivity contribution >= 4 is 23.1 Å². The van der Waals surface area contributed by atoms with Gasteiger partial charge in [0.15, 0.2) is 11.5 Å². The molecule has 0 aliphatic carbocycles. The van der Waals surface area contributed by atoms with Crippen molar-refractivity contribution in [1.29, 1.82) is 0 Å². The zero-order valence-electron chi connectivity index (χ0n) is 17.6. The number of hydrogen-bond acceptors (Lipinski definition) is 6. The molecule has 3 rings (SSSR count). The van der Waals surface area contributed by atoms with Gasteiger partial charge in [0.1, 0.15) is 11.4 Å². The number of nitrogens with one attached hydrogen (secondary N) is 1. The summed E-state index contributed by atoms with van der Waals surface area (Å²) in [4.78, 5) is 27.2. The minimum atomic E-state index is -4.86. The summed E-state index contributed by atoms with van der Waals surface area (Å²) >= 11 is 0. The van der Waals surface area contributed by atoms with Gasteiger partial charge >= 0.3 is 6.36 Å². The lowest BCUT2D eigenvalue weighted by atomic mass is 10.0. The Hall–Kier alpha value is -3.69. The molecule has 1 aliphatic rings.